The van der Waals surface area contributed by atoms with Gasteiger partial charge in [-0.1, -0.05) is 12.2 Å². The van der Waals surface area contributed by atoms with Crippen LogP contribution in [0.1, 0.15) is 12.8 Å². The SMILES string of the molecule is C1=CC1CC1CC=N1. The molecule has 1 unspecified atom stereocenters. The minimum absolute atomic E-state index is 0.676. The summed E-state index contributed by atoms with van der Waals surface area (Å²) in [6, 6.07) is 0.676. The van der Waals surface area contributed by atoms with Crippen molar-refractivity contribution in [2.24, 2.45) is 10.9 Å². The molecule has 0 radical (unpaired) electrons. The Morgan fingerprint density at radius 3 is 2.62 bits per heavy atom. The van der Waals surface area contributed by atoms with Crippen LogP contribution in [0.15, 0.2) is 17.1 Å². The highest BCUT2D eigenvalue weighted by molar-refractivity contribution is 5.64. The van der Waals surface area contributed by atoms with Crippen molar-refractivity contribution in [3.8, 4) is 0 Å². The Morgan fingerprint density at radius 2 is 2.25 bits per heavy atom. The summed E-state index contributed by atoms with van der Waals surface area (Å²) in [4.78, 5) is 4.18. The Bertz CT molecular complexity index is 140. The number of aliphatic imine (C=N–C) groups is 1. The second-order valence-corrected chi connectivity index (χ2v) is 2.51. The van der Waals surface area contributed by atoms with Gasteiger partial charge in [-0.3, -0.25) is 4.99 Å². The first-order chi connectivity index (χ1) is 3.95. The topological polar surface area (TPSA) is 12.4 Å². The zero-order valence-electron chi connectivity index (χ0n) is 4.75. The van der Waals surface area contributed by atoms with E-state index >= 15 is 0 Å². The highest BCUT2D eigenvalue weighted by Gasteiger charge is 2.19. The molecule has 0 bridgehead atoms. The molecule has 0 aromatic carbocycles. The number of nitrogens with zero attached hydrogens (tertiary/aromatic N) is 1. The summed E-state index contributed by atoms with van der Waals surface area (Å²) >= 11 is 0. The molecule has 0 saturated heterocycles. The third-order valence-electron chi connectivity index (χ3n) is 1.70. The van der Waals surface area contributed by atoms with Crippen molar-refractivity contribution in [2.75, 3.05) is 0 Å². The van der Waals surface area contributed by atoms with E-state index in [0.29, 0.717) is 6.04 Å². The molecule has 2 rings (SSSR count). The monoisotopic (exact) mass is 107 g/mol. The molecule has 1 atom stereocenters. The van der Waals surface area contributed by atoms with E-state index in [9.17, 15) is 0 Å². The predicted octanol–water partition coefficient (Wildman–Crippen LogP) is 1.41. The molecule has 2 aliphatic rings. The molecule has 0 fully saturated rings. The van der Waals surface area contributed by atoms with E-state index in [2.05, 4.69) is 17.1 Å². The van der Waals surface area contributed by atoms with Crippen molar-refractivity contribution in [1.82, 2.24) is 0 Å². The maximum absolute atomic E-state index is 4.18. The molecule has 0 saturated carbocycles. The standard InChI is InChI=1S/C7H9N/c1-2-6(1)5-7-3-4-8-7/h1-2,4,6-7H,3,5H2. The lowest BCUT2D eigenvalue weighted by Crippen LogP contribution is -2.14. The lowest BCUT2D eigenvalue weighted by atomic mass is 10.0. The summed E-state index contributed by atoms with van der Waals surface area (Å²) in [7, 11) is 0. The van der Waals surface area contributed by atoms with Crippen molar-refractivity contribution in [2.45, 2.75) is 18.9 Å². The molecule has 1 heteroatoms. The Morgan fingerprint density at radius 1 is 1.50 bits per heavy atom. The van der Waals surface area contributed by atoms with Crippen molar-refractivity contribution in [3.05, 3.63) is 12.2 Å². The van der Waals surface area contributed by atoms with Gasteiger partial charge in [0.15, 0.2) is 0 Å². The molecule has 1 aliphatic heterocycles. The zero-order chi connectivity index (χ0) is 5.40. The molecule has 1 aliphatic carbocycles. The smallest absolute Gasteiger partial charge is 0.0553 e. The highest BCUT2D eigenvalue weighted by Crippen LogP contribution is 2.26. The van der Waals surface area contributed by atoms with E-state index in [4.69, 9.17) is 0 Å². The van der Waals surface area contributed by atoms with Gasteiger partial charge in [-0.2, -0.15) is 0 Å². The average Bonchev–Trinajstić information content (AvgIpc) is 2.36. The van der Waals surface area contributed by atoms with Gasteiger partial charge < -0.3 is 0 Å². The molecule has 0 N–H and O–H groups in total. The molecule has 0 spiro atoms. The number of hydrogen-bond donors (Lipinski definition) is 0. The van der Waals surface area contributed by atoms with Crippen molar-refractivity contribution < 1.29 is 0 Å². The summed E-state index contributed by atoms with van der Waals surface area (Å²) in [6.45, 7) is 0. The summed E-state index contributed by atoms with van der Waals surface area (Å²) in [5.41, 5.74) is 0. The summed E-state index contributed by atoms with van der Waals surface area (Å²) < 4.78 is 0. The van der Waals surface area contributed by atoms with E-state index < -0.39 is 0 Å². The average molecular weight is 107 g/mol. The first-order valence-electron chi connectivity index (χ1n) is 3.15. The van der Waals surface area contributed by atoms with Gasteiger partial charge in [-0.25, -0.2) is 0 Å². The van der Waals surface area contributed by atoms with Gasteiger partial charge in [0.1, 0.15) is 0 Å². The van der Waals surface area contributed by atoms with Gasteiger partial charge >= 0.3 is 0 Å². The molecule has 42 valence electrons. The van der Waals surface area contributed by atoms with Crippen molar-refractivity contribution >= 4 is 6.21 Å². The first kappa shape index (κ1) is 4.30. The minimum Gasteiger partial charge on any atom is -0.294 e. The second-order valence-electron chi connectivity index (χ2n) is 2.51. The Balaban J connectivity index is 1.75. The Labute approximate surface area is 49.1 Å². The van der Waals surface area contributed by atoms with Crippen LogP contribution >= 0.6 is 0 Å². The van der Waals surface area contributed by atoms with E-state index in [-0.39, 0.29) is 0 Å². The number of allylic oxidation sites excluding steroid dienone is 2. The van der Waals surface area contributed by atoms with Crippen LogP contribution < -0.4 is 0 Å². The van der Waals surface area contributed by atoms with Crippen LogP contribution in [0, 0.1) is 5.92 Å². The van der Waals surface area contributed by atoms with Crippen LogP contribution in [0.25, 0.3) is 0 Å². The quantitative estimate of drug-likeness (QED) is 0.473. The fourth-order valence-electron chi connectivity index (χ4n) is 0.961. The Hall–Kier alpha value is -0.590. The van der Waals surface area contributed by atoms with E-state index in [1.807, 2.05) is 6.21 Å². The van der Waals surface area contributed by atoms with Crippen LogP contribution in [-0.4, -0.2) is 12.3 Å². The van der Waals surface area contributed by atoms with Crippen LogP contribution in [0.5, 0.6) is 0 Å². The van der Waals surface area contributed by atoms with E-state index in [1.165, 1.54) is 12.8 Å². The van der Waals surface area contributed by atoms with Gasteiger partial charge in [-0.05, 0) is 12.3 Å². The maximum atomic E-state index is 4.18. The lowest BCUT2D eigenvalue weighted by Gasteiger charge is -2.15. The number of rotatable bonds is 2. The molecular weight excluding hydrogens is 98.1 g/mol. The fraction of sp³-hybridized carbons (Fsp3) is 0.571. The number of hydrogen-bond acceptors (Lipinski definition) is 1. The highest BCUT2D eigenvalue weighted by atomic mass is 14.8. The summed E-state index contributed by atoms with van der Waals surface area (Å²) in [6.07, 6.45) is 8.99. The molecule has 8 heavy (non-hydrogen) atoms. The largest absolute Gasteiger partial charge is 0.294 e. The van der Waals surface area contributed by atoms with Gasteiger partial charge in [0, 0.05) is 12.6 Å². The molecule has 0 aromatic heterocycles. The second kappa shape index (κ2) is 1.44. The third-order valence-corrected chi connectivity index (χ3v) is 1.70. The van der Waals surface area contributed by atoms with E-state index in [1.54, 1.807) is 0 Å². The van der Waals surface area contributed by atoms with Gasteiger partial charge in [-0.15, -0.1) is 0 Å². The maximum Gasteiger partial charge on any atom is 0.0553 e. The van der Waals surface area contributed by atoms with Gasteiger partial charge in [0.25, 0.3) is 0 Å². The van der Waals surface area contributed by atoms with E-state index in [0.717, 1.165) is 5.92 Å². The van der Waals surface area contributed by atoms with Crippen LogP contribution in [0.3, 0.4) is 0 Å². The predicted molar refractivity (Wildman–Crippen MR) is 34.1 cm³/mol. The zero-order valence-corrected chi connectivity index (χ0v) is 4.75. The molecule has 1 nitrogen and oxygen atoms in total. The van der Waals surface area contributed by atoms with Crippen LogP contribution in [0.2, 0.25) is 0 Å². The molecule has 0 amide bonds. The van der Waals surface area contributed by atoms with Gasteiger partial charge in [0.2, 0.25) is 0 Å². The third kappa shape index (κ3) is 0.683. The van der Waals surface area contributed by atoms with Crippen LogP contribution in [-0.2, 0) is 0 Å². The fourth-order valence-corrected chi connectivity index (χ4v) is 0.961. The van der Waals surface area contributed by atoms with Crippen molar-refractivity contribution in [3.63, 3.8) is 0 Å². The summed E-state index contributed by atoms with van der Waals surface area (Å²) in [5.74, 6) is 0.817. The Kier molecular flexibility index (Phi) is 0.775. The van der Waals surface area contributed by atoms with Crippen molar-refractivity contribution in [1.29, 1.82) is 0 Å². The first-order valence-corrected chi connectivity index (χ1v) is 3.15. The van der Waals surface area contributed by atoms with Crippen LogP contribution in [0.4, 0.5) is 0 Å². The van der Waals surface area contributed by atoms with Gasteiger partial charge in [0.05, 0.1) is 6.04 Å². The minimum atomic E-state index is 0.676. The lowest BCUT2D eigenvalue weighted by molar-refractivity contribution is 0.581. The molecule has 1 heterocycles. The summed E-state index contributed by atoms with van der Waals surface area (Å²) in [5, 5.41) is 0. The molecular formula is C7H9N. The normalized spacial score (nSPS) is 32.8. The molecule has 0 aromatic rings.